The highest BCUT2D eigenvalue weighted by molar-refractivity contribution is 6.30. The van der Waals surface area contributed by atoms with Crippen LogP contribution in [0, 0.1) is 5.82 Å². The first kappa shape index (κ1) is 14.1. The first-order chi connectivity index (χ1) is 9.51. The molecular weight excluding hydrogens is 283 g/mol. The largest absolute Gasteiger partial charge is 0.465 e. The van der Waals surface area contributed by atoms with E-state index >= 15 is 0 Å². The van der Waals surface area contributed by atoms with Crippen LogP contribution >= 0.6 is 11.6 Å². The standard InChI is InChI=1S/C14H12ClFN2O2/c1-20-14(19)10-7-9(3-4-12(10)17)18-13-5-2-8(15)6-11(13)16/h2-7,18H,17H2,1H3. The first-order valence-corrected chi connectivity index (χ1v) is 6.09. The fourth-order valence-corrected chi connectivity index (χ4v) is 1.83. The zero-order chi connectivity index (χ0) is 14.7. The Morgan fingerprint density at radius 2 is 2.05 bits per heavy atom. The van der Waals surface area contributed by atoms with Crippen molar-refractivity contribution >= 4 is 34.6 Å². The van der Waals surface area contributed by atoms with Gasteiger partial charge in [0.1, 0.15) is 5.82 Å². The lowest BCUT2D eigenvalue weighted by Gasteiger charge is -2.10. The van der Waals surface area contributed by atoms with Crippen molar-refractivity contribution in [2.24, 2.45) is 0 Å². The topological polar surface area (TPSA) is 64.3 Å². The molecule has 0 unspecified atom stereocenters. The van der Waals surface area contributed by atoms with E-state index in [-0.39, 0.29) is 11.3 Å². The number of ether oxygens (including phenoxy) is 1. The maximum atomic E-state index is 13.7. The number of anilines is 3. The summed E-state index contributed by atoms with van der Waals surface area (Å²) in [5, 5.41) is 3.16. The van der Waals surface area contributed by atoms with Crippen molar-refractivity contribution in [2.75, 3.05) is 18.2 Å². The Bertz CT molecular complexity index is 662. The van der Waals surface area contributed by atoms with Crippen molar-refractivity contribution in [3.05, 3.63) is 52.8 Å². The zero-order valence-electron chi connectivity index (χ0n) is 10.6. The summed E-state index contributed by atoms with van der Waals surface area (Å²) >= 11 is 5.68. The Morgan fingerprint density at radius 1 is 1.30 bits per heavy atom. The summed E-state index contributed by atoms with van der Waals surface area (Å²) in [6, 6.07) is 8.94. The van der Waals surface area contributed by atoms with Crippen LogP contribution in [0.5, 0.6) is 0 Å². The van der Waals surface area contributed by atoms with Crippen LogP contribution in [0.15, 0.2) is 36.4 Å². The summed E-state index contributed by atoms with van der Waals surface area (Å²) in [5.41, 5.74) is 6.95. The number of nitrogen functional groups attached to an aromatic ring is 1. The average Bonchev–Trinajstić information content (AvgIpc) is 2.43. The van der Waals surface area contributed by atoms with Crippen molar-refractivity contribution in [3.8, 4) is 0 Å². The molecule has 3 N–H and O–H groups in total. The van der Waals surface area contributed by atoms with Crippen LogP contribution in [0.1, 0.15) is 10.4 Å². The molecule has 0 radical (unpaired) electrons. The number of halogens is 2. The molecule has 20 heavy (non-hydrogen) atoms. The molecule has 2 aromatic rings. The quantitative estimate of drug-likeness (QED) is 0.671. The molecule has 4 nitrogen and oxygen atoms in total. The summed E-state index contributed by atoms with van der Waals surface area (Å²) in [7, 11) is 1.26. The van der Waals surface area contributed by atoms with E-state index in [2.05, 4.69) is 10.1 Å². The Labute approximate surface area is 120 Å². The predicted octanol–water partition coefficient (Wildman–Crippen LogP) is 3.59. The molecular formula is C14H12ClFN2O2. The third-order valence-electron chi connectivity index (χ3n) is 2.67. The number of carbonyl (C=O) groups is 1. The molecule has 0 heterocycles. The first-order valence-electron chi connectivity index (χ1n) is 5.71. The van der Waals surface area contributed by atoms with Gasteiger partial charge in [-0.15, -0.1) is 0 Å². The molecule has 0 aromatic heterocycles. The van der Waals surface area contributed by atoms with Crippen molar-refractivity contribution in [3.63, 3.8) is 0 Å². The smallest absolute Gasteiger partial charge is 0.340 e. The summed E-state index contributed by atoms with van der Waals surface area (Å²) in [4.78, 5) is 11.5. The summed E-state index contributed by atoms with van der Waals surface area (Å²) in [5.74, 6) is -1.04. The predicted molar refractivity (Wildman–Crippen MR) is 76.9 cm³/mol. The maximum absolute atomic E-state index is 13.7. The normalized spacial score (nSPS) is 10.2. The highest BCUT2D eigenvalue weighted by Gasteiger charge is 2.11. The molecule has 2 aromatic carbocycles. The van der Waals surface area contributed by atoms with Crippen molar-refractivity contribution < 1.29 is 13.9 Å². The van der Waals surface area contributed by atoms with E-state index in [1.807, 2.05) is 0 Å². The summed E-state index contributed by atoms with van der Waals surface area (Å²) in [6.45, 7) is 0. The molecule has 0 aliphatic heterocycles. The van der Waals surface area contributed by atoms with Crippen LogP contribution in [0.2, 0.25) is 5.02 Å². The van der Waals surface area contributed by atoms with E-state index in [0.29, 0.717) is 16.4 Å². The molecule has 0 aliphatic rings. The molecule has 0 saturated heterocycles. The van der Waals surface area contributed by atoms with Gasteiger partial charge in [-0.1, -0.05) is 11.6 Å². The lowest BCUT2D eigenvalue weighted by atomic mass is 10.1. The van der Waals surface area contributed by atoms with Gasteiger partial charge in [0, 0.05) is 16.4 Å². The van der Waals surface area contributed by atoms with Gasteiger partial charge in [-0.05, 0) is 36.4 Å². The lowest BCUT2D eigenvalue weighted by molar-refractivity contribution is 0.0602. The molecule has 0 bridgehead atoms. The summed E-state index contributed by atoms with van der Waals surface area (Å²) < 4.78 is 18.3. The number of hydrogen-bond acceptors (Lipinski definition) is 4. The van der Waals surface area contributed by atoms with E-state index < -0.39 is 11.8 Å². The Morgan fingerprint density at radius 3 is 2.70 bits per heavy atom. The molecule has 2 rings (SSSR count). The number of esters is 1. The number of rotatable bonds is 3. The minimum atomic E-state index is -0.553. The van der Waals surface area contributed by atoms with Gasteiger partial charge < -0.3 is 15.8 Å². The monoisotopic (exact) mass is 294 g/mol. The maximum Gasteiger partial charge on any atom is 0.340 e. The average molecular weight is 295 g/mol. The number of carbonyl (C=O) groups excluding carboxylic acids is 1. The van der Waals surface area contributed by atoms with Crippen LogP contribution < -0.4 is 11.1 Å². The molecule has 0 aliphatic carbocycles. The number of nitrogens with one attached hydrogen (secondary N) is 1. The fraction of sp³-hybridized carbons (Fsp3) is 0.0714. The highest BCUT2D eigenvalue weighted by Crippen LogP contribution is 2.25. The van der Waals surface area contributed by atoms with Crippen LogP contribution in [0.3, 0.4) is 0 Å². The second kappa shape index (κ2) is 5.79. The van der Waals surface area contributed by atoms with Gasteiger partial charge in [0.15, 0.2) is 0 Å². The molecule has 104 valence electrons. The number of methoxy groups -OCH3 is 1. The molecule has 0 amide bonds. The van der Waals surface area contributed by atoms with E-state index in [9.17, 15) is 9.18 Å². The van der Waals surface area contributed by atoms with E-state index in [0.717, 1.165) is 0 Å². The van der Waals surface area contributed by atoms with E-state index in [4.69, 9.17) is 17.3 Å². The van der Waals surface area contributed by atoms with E-state index in [1.165, 1.54) is 25.3 Å². The van der Waals surface area contributed by atoms with Gasteiger partial charge in [0.25, 0.3) is 0 Å². The van der Waals surface area contributed by atoms with Gasteiger partial charge in [-0.3, -0.25) is 0 Å². The van der Waals surface area contributed by atoms with Crippen LogP contribution in [0.25, 0.3) is 0 Å². The fourth-order valence-electron chi connectivity index (χ4n) is 1.67. The Hall–Kier alpha value is -2.27. The van der Waals surface area contributed by atoms with Gasteiger partial charge in [0.2, 0.25) is 0 Å². The number of nitrogens with two attached hydrogens (primary N) is 1. The van der Waals surface area contributed by atoms with E-state index in [1.54, 1.807) is 18.2 Å². The second-order valence-electron chi connectivity index (χ2n) is 4.04. The SMILES string of the molecule is COC(=O)c1cc(Nc2ccc(Cl)cc2F)ccc1N. The Balaban J connectivity index is 2.32. The van der Waals surface area contributed by atoms with Crippen LogP contribution in [-0.2, 0) is 4.74 Å². The molecule has 6 heteroatoms. The minimum absolute atomic E-state index is 0.215. The van der Waals surface area contributed by atoms with Crippen molar-refractivity contribution in [1.82, 2.24) is 0 Å². The molecule has 0 atom stereocenters. The van der Waals surface area contributed by atoms with Crippen molar-refractivity contribution in [2.45, 2.75) is 0 Å². The summed E-state index contributed by atoms with van der Waals surface area (Å²) in [6.07, 6.45) is 0. The Kier molecular flexibility index (Phi) is 4.10. The molecule has 0 fully saturated rings. The third kappa shape index (κ3) is 3.00. The number of benzene rings is 2. The molecule has 0 saturated carbocycles. The third-order valence-corrected chi connectivity index (χ3v) is 2.90. The van der Waals surface area contributed by atoms with Crippen LogP contribution in [0.4, 0.5) is 21.5 Å². The van der Waals surface area contributed by atoms with Gasteiger partial charge in [-0.2, -0.15) is 0 Å². The highest BCUT2D eigenvalue weighted by atomic mass is 35.5. The van der Waals surface area contributed by atoms with Crippen LogP contribution in [-0.4, -0.2) is 13.1 Å². The van der Waals surface area contributed by atoms with Gasteiger partial charge in [-0.25, -0.2) is 9.18 Å². The number of hydrogen-bond donors (Lipinski definition) is 2. The van der Waals surface area contributed by atoms with Gasteiger partial charge >= 0.3 is 5.97 Å². The van der Waals surface area contributed by atoms with Gasteiger partial charge in [0.05, 0.1) is 18.4 Å². The lowest BCUT2D eigenvalue weighted by Crippen LogP contribution is -2.06. The molecule has 0 spiro atoms. The zero-order valence-corrected chi connectivity index (χ0v) is 11.4. The van der Waals surface area contributed by atoms with Crippen molar-refractivity contribution in [1.29, 1.82) is 0 Å². The minimum Gasteiger partial charge on any atom is -0.465 e. The second-order valence-corrected chi connectivity index (χ2v) is 4.48.